The van der Waals surface area contributed by atoms with Crippen LogP contribution in [0.3, 0.4) is 0 Å². The number of nitrogens with zero attached hydrogens (tertiary/aromatic N) is 3. The fraction of sp³-hybridized carbons (Fsp3) is 0.455. The lowest BCUT2D eigenvalue weighted by atomic mass is 10.1. The minimum absolute atomic E-state index is 0.527. The molecule has 6 heteroatoms. The number of aromatic nitrogens is 2. The summed E-state index contributed by atoms with van der Waals surface area (Å²) in [6.07, 6.45) is 2.47. The van der Waals surface area contributed by atoms with Gasteiger partial charge in [-0.15, -0.1) is 5.10 Å². The first-order valence-electron chi connectivity index (χ1n) is 5.57. The molecule has 0 unspecified atom stereocenters. The summed E-state index contributed by atoms with van der Waals surface area (Å²) in [5, 5.41) is 8.47. The van der Waals surface area contributed by atoms with Crippen molar-refractivity contribution in [2.24, 2.45) is 0 Å². The van der Waals surface area contributed by atoms with Crippen LogP contribution in [0.1, 0.15) is 30.1 Å². The van der Waals surface area contributed by atoms with E-state index in [0.29, 0.717) is 6.04 Å². The van der Waals surface area contributed by atoms with Gasteiger partial charge in [-0.05, 0) is 41.8 Å². The number of rotatable bonds is 3. The highest BCUT2D eigenvalue weighted by Gasteiger charge is 2.27. The van der Waals surface area contributed by atoms with Gasteiger partial charge < -0.3 is 0 Å². The average molecular weight is 286 g/mol. The number of thiophene rings is 1. The number of halogens is 1. The molecule has 3 heterocycles. The fourth-order valence-corrected chi connectivity index (χ4v) is 3.66. The van der Waals surface area contributed by atoms with Gasteiger partial charge in [-0.2, -0.15) is 11.3 Å². The van der Waals surface area contributed by atoms with Gasteiger partial charge in [-0.1, -0.05) is 16.1 Å². The smallest absolute Gasteiger partial charge is 0.138 e. The second-order valence-corrected chi connectivity index (χ2v) is 6.31. The van der Waals surface area contributed by atoms with E-state index in [-0.39, 0.29) is 0 Å². The Kier molecular flexibility index (Phi) is 3.42. The molecule has 1 fully saturated rings. The maximum Gasteiger partial charge on any atom is 0.138 e. The summed E-state index contributed by atoms with van der Waals surface area (Å²) in [5.41, 5.74) is 2.34. The molecule has 90 valence electrons. The van der Waals surface area contributed by atoms with E-state index < -0.39 is 0 Å². The maximum absolute atomic E-state index is 6.06. The van der Waals surface area contributed by atoms with Crippen LogP contribution >= 0.6 is 34.5 Å². The molecule has 1 aliphatic heterocycles. The minimum Gasteiger partial charge on any atom is -0.290 e. The molecule has 1 saturated heterocycles. The first kappa shape index (κ1) is 11.6. The summed E-state index contributed by atoms with van der Waals surface area (Å²) in [4.78, 5) is 2.45. The van der Waals surface area contributed by atoms with Crippen molar-refractivity contribution in [1.82, 2.24) is 14.5 Å². The molecular weight excluding hydrogens is 274 g/mol. The van der Waals surface area contributed by atoms with Gasteiger partial charge in [0.25, 0.3) is 0 Å². The van der Waals surface area contributed by atoms with Gasteiger partial charge in [-0.3, -0.25) is 4.90 Å². The normalized spacial score (nSPS) is 21.1. The Morgan fingerprint density at radius 2 is 2.47 bits per heavy atom. The summed E-state index contributed by atoms with van der Waals surface area (Å²) in [6, 6.07) is 2.74. The van der Waals surface area contributed by atoms with Crippen LogP contribution < -0.4 is 0 Å². The van der Waals surface area contributed by atoms with Gasteiger partial charge >= 0.3 is 0 Å². The van der Waals surface area contributed by atoms with Gasteiger partial charge in [0.15, 0.2) is 0 Å². The Balaban J connectivity index is 1.77. The summed E-state index contributed by atoms with van der Waals surface area (Å²) in [7, 11) is 0. The van der Waals surface area contributed by atoms with E-state index in [4.69, 9.17) is 11.6 Å². The highest BCUT2D eigenvalue weighted by molar-refractivity contribution is 7.10. The molecule has 2 aromatic rings. The van der Waals surface area contributed by atoms with Crippen molar-refractivity contribution in [2.45, 2.75) is 25.4 Å². The van der Waals surface area contributed by atoms with E-state index in [9.17, 15) is 0 Å². The first-order chi connectivity index (χ1) is 8.34. The Bertz CT molecular complexity index is 483. The minimum atomic E-state index is 0.527. The lowest BCUT2D eigenvalue weighted by Gasteiger charge is -2.22. The topological polar surface area (TPSA) is 29.0 Å². The molecule has 0 saturated carbocycles. The van der Waals surface area contributed by atoms with Crippen LogP contribution in [-0.2, 0) is 6.54 Å². The fourth-order valence-electron chi connectivity index (χ4n) is 2.34. The van der Waals surface area contributed by atoms with E-state index in [1.807, 2.05) is 0 Å². The van der Waals surface area contributed by atoms with Crippen molar-refractivity contribution in [3.05, 3.63) is 32.4 Å². The zero-order valence-corrected chi connectivity index (χ0v) is 11.6. The summed E-state index contributed by atoms with van der Waals surface area (Å²) in [5.74, 6) is 0. The van der Waals surface area contributed by atoms with Crippen LogP contribution in [0, 0.1) is 0 Å². The van der Waals surface area contributed by atoms with Crippen LogP contribution in [0.2, 0.25) is 4.34 Å². The first-order valence-corrected chi connectivity index (χ1v) is 7.67. The molecule has 0 aromatic carbocycles. The summed E-state index contributed by atoms with van der Waals surface area (Å²) >= 11 is 9.09. The monoisotopic (exact) mass is 285 g/mol. The zero-order chi connectivity index (χ0) is 11.7. The molecule has 0 N–H and O–H groups in total. The number of likely N-dealkylation sites (tertiary alicyclic amines) is 1. The number of hydrogen-bond donors (Lipinski definition) is 0. The van der Waals surface area contributed by atoms with Crippen LogP contribution in [0.4, 0.5) is 0 Å². The summed E-state index contributed by atoms with van der Waals surface area (Å²) < 4.78 is 4.61. The molecule has 0 radical (unpaired) electrons. The molecule has 1 aliphatic rings. The van der Waals surface area contributed by atoms with E-state index in [1.54, 1.807) is 11.3 Å². The highest BCUT2D eigenvalue weighted by atomic mass is 35.5. The third-order valence-electron chi connectivity index (χ3n) is 3.15. The Morgan fingerprint density at radius 3 is 3.18 bits per heavy atom. The maximum atomic E-state index is 6.06. The number of hydrogen-bond acceptors (Lipinski definition) is 5. The van der Waals surface area contributed by atoms with Gasteiger partial charge in [-0.25, -0.2) is 0 Å². The van der Waals surface area contributed by atoms with Gasteiger partial charge in [0, 0.05) is 24.1 Å². The predicted molar refractivity (Wildman–Crippen MR) is 71.6 cm³/mol. The van der Waals surface area contributed by atoms with Crippen molar-refractivity contribution >= 4 is 34.5 Å². The van der Waals surface area contributed by atoms with E-state index in [2.05, 4.69) is 31.3 Å². The third-order valence-corrected chi connectivity index (χ3v) is 4.84. The Morgan fingerprint density at radius 1 is 1.53 bits per heavy atom. The van der Waals surface area contributed by atoms with Crippen molar-refractivity contribution in [2.75, 3.05) is 6.54 Å². The van der Waals surface area contributed by atoms with Gasteiger partial charge in [0.05, 0.1) is 0 Å². The van der Waals surface area contributed by atoms with Crippen LogP contribution in [-0.4, -0.2) is 21.0 Å². The molecular formula is C11H12ClN3S2. The van der Waals surface area contributed by atoms with Gasteiger partial charge in [0.1, 0.15) is 10.0 Å². The second kappa shape index (κ2) is 5.02. The predicted octanol–water partition coefficient (Wildman–Crippen LogP) is 3.59. The molecule has 0 spiro atoms. The molecule has 0 bridgehead atoms. The standard InChI is InChI=1S/C11H12ClN3S2/c12-11-9(13-14-17-11)6-15-4-1-2-10(15)8-3-5-16-7-8/h3,5,7,10H,1-2,4,6H2/t10-/m1/s1. The lowest BCUT2D eigenvalue weighted by molar-refractivity contribution is 0.246. The molecule has 17 heavy (non-hydrogen) atoms. The van der Waals surface area contributed by atoms with Crippen molar-refractivity contribution in [3.8, 4) is 0 Å². The second-order valence-electron chi connectivity index (χ2n) is 4.18. The molecule has 1 atom stereocenters. The van der Waals surface area contributed by atoms with E-state index in [0.717, 1.165) is 23.1 Å². The zero-order valence-electron chi connectivity index (χ0n) is 9.17. The quantitative estimate of drug-likeness (QED) is 0.863. The van der Waals surface area contributed by atoms with Crippen molar-refractivity contribution in [3.63, 3.8) is 0 Å². The van der Waals surface area contributed by atoms with Crippen LogP contribution in [0.25, 0.3) is 0 Å². The molecule has 0 amide bonds. The molecule has 3 rings (SSSR count). The summed E-state index contributed by atoms with van der Waals surface area (Å²) in [6.45, 7) is 1.93. The Hall–Kier alpha value is -0.490. The SMILES string of the molecule is Clc1snnc1CN1CCC[C@@H]1c1ccsc1. The average Bonchev–Trinajstić information content (AvgIpc) is 3.02. The lowest BCUT2D eigenvalue weighted by Crippen LogP contribution is -2.22. The Labute approximate surface area is 113 Å². The van der Waals surface area contributed by atoms with Crippen molar-refractivity contribution in [1.29, 1.82) is 0 Å². The van der Waals surface area contributed by atoms with E-state index >= 15 is 0 Å². The largest absolute Gasteiger partial charge is 0.290 e. The van der Waals surface area contributed by atoms with Crippen LogP contribution in [0.15, 0.2) is 16.8 Å². The molecule has 0 aliphatic carbocycles. The van der Waals surface area contributed by atoms with Crippen molar-refractivity contribution < 1.29 is 0 Å². The molecule has 2 aromatic heterocycles. The van der Waals surface area contributed by atoms with Gasteiger partial charge in [0.2, 0.25) is 0 Å². The van der Waals surface area contributed by atoms with Crippen LogP contribution in [0.5, 0.6) is 0 Å². The third kappa shape index (κ3) is 2.38. The molecule has 3 nitrogen and oxygen atoms in total. The van der Waals surface area contributed by atoms with E-state index in [1.165, 1.54) is 29.9 Å². The highest BCUT2D eigenvalue weighted by Crippen LogP contribution is 2.34.